The Morgan fingerprint density at radius 2 is 1.75 bits per heavy atom. The first kappa shape index (κ1) is 18.0. The molecule has 2 aromatic rings. The summed E-state index contributed by atoms with van der Waals surface area (Å²) in [5, 5.41) is 3.37. The van der Waals surface area contributed by atoms with Gasteiger partial charge in [0.05, 0.1) is 0 Å². The highest BCUT2D eigenvalue weighted by Crippen LogP contribution is 2.13. The molecule has 0 saturated heterocycles. The fourth-order valence-electron chi connectivity index (χ4n) is 2.58. The van der Waals surface area contributed by atoms with Crippen LogP contribution in [-0.4, -0.2) is 28.9 Å². The second-order valence-corrected chi connectivity index (χ2v) is 6.06. The van der Waals surface area contributed by atoms with Gasteiger partial charge in [0.25, 0.3) is 5.91 Å². The minimum atomic E-state index is 0.0117. The highest BCUT2D eigenvalue weighted by atomic mass is 16.2. The number of rotatable bonds is 8. The summed E-state index contributed by atoms with van der Waals surface area (Å²) in [6.07, 6.45) is 3.61. The SMILES string of the molecule is CCCN(CCC)C(=O)c1cc(NCc2ccc(C)cc2)ccn1. The maximum atomic E-state index is 12.6. The summed E-state index contributed by atoms with van der Waals surface area (Å²) in [5.74, 6) is 0.0117. The van der Waals surface area contributed by atoms with Crippen LogP contribution in [0.3, 0.4) is 0 Å². The molecular formula is C20H27N3O. The van der Waals surface area contributed by atoms with Gasteiger partial charge in [0.15, 0.2) is 0 Å². The Balaban J connectivity index is 2.04. The van der Waals surface area contributed by atoms with Crippen molar-refractivity contribution in [1.82, 2.24) is 9.88 Å². The fraction of sp³-hybridized carbons (Fsp3) is 0.400. The molecule has 2 rings (SSSR count). The third-order valence-corrected chi connectivity index (χ3v) is 3.87. The number of nitrogens with zero attached hydrogens (tertiary/aromatic N) is 2. The lowest BCUT2D eigenvalue weighted by atomic mass is 10.1. The number of carbonyl (C=O) groups is 1. The predicted octanol–water partition coefficient (Wildman–Crippen LogP) is 4.26. The van der Waals surface area contributed by atoms with E-state index >= 15 is 0 Å². The van der Waals surface area contributed by atoms with E-state index in [0.717, 1.165) is 38.2 Å². The maximum Gasteiger partial charge on any atom is 0.272 e. The second-order valence-electron chi connectivity index (χ2n) is 6.06. The molecule has 1 heterocycles. The number of benzene rings is 1. The summed E-state index contributed by atoms with van der Waals surface area (Å²) < 4.78 is 0. The molecule has 1 aromatic heterocycles. The zero-order chi connectivity index (χ0) is 17.4. The summed E-state index contributed by atoms with van der Waals surface area (Å²) >= 11 is 0. The standard InChI is InChI=1S/C20H27N3O/c1-4-12-23(13-5-2)20(24)19-14-18(10-11-21-19)22-15-17-8-6-16(3)7-9-17/h6-11,14H,4-5,12-13,15H2,1-3H3,(H,21,22). The van der Waals surface area contributed by atoms with Gasteiger partial charge in [0.1, 0.15) is 5.69 Å². The van der Waals surface area contributed by atoms with Gasteiger partial charge in [-0.15, -0.1) is 0 Å². The largest absolute Gasteiger partial charge is 0.381 e. The molecular weight excluding hydrogens is 298 g/mol. The normalized spacial score (nSPS) is 10.5. The van der Waals surface area contributed by atoms with Crippen molar-refractivity contribution in [3.8, 4) is 0 Å². The Hall–Kier alpha value is -2.36. The third kappa shape index (κ3) is 5.08. The van der Waals surface area contributed by atoms with Crippen molar-refractivity contribution in [3.63, 3.8) is 0 Å². The summed E-state index contributed by atoms with van der Waals surface area (Å²) in [6.45, 7) is 8.53. The van der Waals surface area contributed by atoms with E-state index < -0.39 is 0 Å². The molecule has 0 aliphatic carbocycles. The van der Waals surface area contributed by atoms with Crippen molar-refractivity contribution >= 4 is 11.6 Å². The smallest absolute Gasteiger partial charge is 0.272 e. The number of nitrogens with one attached hydrogen (secondary N) is 1. The summed E-state index contributed by atoms with van der Waals surface area (Å²) in [7, 11) is 0. The monoisotopic (exact) mass is 325 g/mol. The molecule has 0 unspecified atom stereocenters. The van der Waals surface area contributed by atoms with Crippen LogP contribution in [0, 0.1) is 6.92 Å². The molecule has 1 aromatic carbocycles. The Bertz CT molecular complexity index is 646. The van der Waals surface area contributed by atoms with Gasteiger partial charge in [-0.25, -0.2) is 0 Å². The van der Waals surface area contributed by atoms with Gasteiger partial charge < -0.3 is 10.2 Å². The predicted molar refractivity (Wildman–Crippen MR) is 99.2 cm³/mol. The first-order valence-electron chi connectivity index (χ1n) is 8.68. The van der Waals surface area contributed by atoms with Crippen LogP contribution in [0.2, 0.25) is 0 Å². The van der Waals surface area contributed by atoms with E-state index in [2.05, 4.69) is 55.3 Å². The summed E-state index contributed by atoms with van der Waals surface area (Å²) in [4.78, 5) is 18.8. The number of aromatic nitrogens is 1. The van der Waals surface area contributed by atoms with E-state index in [0.29, 0.717) is 5.69 Å². The number of carbonyl (C=O) groups excluding carboxylic acids is 1. The third-order valence-electron chi connectivity index (χ3n) is 3.87. The van der Waals surface area contributed by atoms with Crippen LogP contribution < -0.4 is 5.32 Å². The Morgan fingerprint density at radius 1 is 1.08 bits per heavy atom. The van der Waals surface area contributed by atoms with Crippen LogP contribution >= 0.6 is 0 Å². The molecule has 1 amide bonds. The highest BCUT2D eigenvalue weighted by Gasteiger charge is 2.15. The Labute approximate surface area is 144 Å². The topological polar surface area (TPSA) is 45.2 Å². The van der Waals surface area contributed by atoms with Crippen LogP contribution in [0.15, 0.2) is 42.6 Å². The summed E-state index contributed by atoms with van der Waals surface area (Å²) in [5.41, 5.74) is 3.89. The van der Waals surface area contributed by atoms with Gasteiger partial charge >= 0.3 is 0 Å². The second kappa shape index (κ2) is 9.06. The van der Waals surface area contributed by atoms with E-state index in [1.54, 1.807) is 6.20 Å². The lowest BCUT2D eigenvalue weighted by Crippen LogP contribution is -2.33. The van der Waals surface area contributed by atoms with Crippen molar-refractivity contribution in [1.29, 1.82) is 0 Å². The fourth-order valence-corrected chi connectivity index (χ4v) is 2.58. The molecule has 24 heavy (non-hydrogen) atoms. The zero-order valence-corrected chi connectivity index (χ0v) is 14.9. The van der Waals surface area contributed by atoms with E-state index in [1.807, 2.05) is 17.0 Å². The lowest BCUT2D eigenvalue weighted by molar-refractivity contribution is 0.0749. The maximum absolute atomic E-state index is 12.6. The molecule has 1 N–H and O–H groups in total. The van der Waals surface area contributed by atoms with Gasteiger partial charge in [-0.3, -0.25) is 9.78 Å². The van der Waals surface area contributed by atoms with Gasteiger partial charge in [0.2, 0.25) is 0 Å². The van der Waals surface area contributed by atoms with Crippen LogP contribution in [0.4, 0.5) is 5.69 Å². The molecule has 4 nitrogen and oxygen atoms in total. The minimum Gasteiger partial charge on any atom is -0.381 e. The minimum absolute atomic E-state index is 0.0117. The number of amides is 1. The Morgan fingerprint density at radius 3 is 2.38 bits per heavy atom. The molecule has 0 spiro atoms. The quantitative estimate of drug-likeness (QED) is 0.788. The van der Waals surface area contributed by atoms with Crippen molar-refractivity contribution in [3.05, 3.63) is 59.4 Å². The number of aryl methyl sites for hydroxylation is 1. The molecule has 0 bridgehead atoms. The molecule has 0 aliphatic heterocycles. The molecule has 0 atom stereocenters. The zero-order valence-electron chi connectivity index (χ0n) is 14.9. The van der Waals surface area contributed by atoms with Gasteiger partial charge in [-0.1, -0.05) is 43.7 Å². The van der Waals surface area contributed by atoms with Gasteiger partial charge in [-0.2, -0.15) is 0 Å². The average molecular weight is 325 g/mol. The van der Waals surface area contributed by atoms with Gasteiger partial charge in [0, 0.05) is 31.5 Å². The van der Waals surface area contributed by atoms with E-state index in [9.17, 15) is 4.79 Å². The number of hydrogen-bond donors (Lipinski definition) is 1. The van der Waals surface area contributed by atoms with Crippen LogP contribution in [-0.2, 0) is 6.54 Å². The average Bonchev–Trinajstić information content (AvgIpc) is 2.61. The molecule has 0 fully saturated rings. The van der Waals surface area contributed by atoms with Crippen molar-refractivity contribution in [2.45, 2.75) is 40.2 Å². The highest BCUT2D eigenvalue weighted by molar-refractivity contribution is 5.93. The molecule has 0 radical (unpaired) electrons. The van der Waals surface area contributed by atoms with Gasteiger partial charge in [-0.05, 0) is 37.5 Å². The Kier molecular flexibility index (Phi) is 6.79. The lowest BCUT2D eigenvalue weighted by Gasteiger charge is -2.21. The summed E-state index contributed by atoms with van der Waals surface area (Å²) in [6, 6.07) is 12.2. The van der Waals surface area contributed by atoms with E-state index in [1.165, 1.54) is 11.1 Å². The first-order valence-corrected chi connectivity index (χ1v) is 8.68. The van der Waals surface area contributed by atoms with Crippen LogP contribution in [0.5, 0.6) is 0 Å². The molecule has 4 heteroatoms. The van der Waals surface area contributed by atoms with Crippen molar-refractivity contribution < 1.29 is 4.79 Å². The van der Waals surface area contributed by atoms with Crippen molar-refractivity contribution in [2.24, 2.45) is 0 Å². The molecule has 128 valence electrons. The number of hydrogen-bond acceptors (Lipinski definition) is 3. The number of pyridine rings is 1. The molecule has 0 aliphatic rings. The molecule has 0 saturated carbocycles. The van der Waals surface area contributed by atoms with E-state index in [4.69, 9.17) is 0 Å². The van der Waals surface area contributed by atoms with Crippen molar-refractivity contribution in [2.75, 3.05) is 18.4 Å². The number of anilines is 1. The first-order chi connectivity index (χ1) is 11.6. The van der Waals surface area contributed by atoms with Crippen LogP contribution in [0.1, 0.15) is 48.3 Å². The van der Waals surface area contributed by atoms with E-state index in [-0.39, 0.29) is 5.91 Å². The van der Waals surface area contributed by atoms with Crippen LogP contribution in [0.25, 0.3) is 0 Å².